The number of nitriles is 1. The number of nitrogens with zero attached hydrogens (tertiary/aromatic N) is 2. The fourth-order valence-corrected chi connectivity index (χ4v) is 3.22. The van der Waals surface area contributed by atoms with Gasteiger partial charge in [-0.1, -0.05) is 58.9 Å². The van der Waals surface area contributed by atoms with Crippen LogP contribution >= 0.6 is 11.3 Å². The van der Waals surface area contributed by atoms with E-state index in [-0.39, 0.29) is 10.3 Å². The Morgan fingerprint density at radius 2 is 1.61 bits per heavy atom. The quantitative estimate of drug-likeness (QED) is 0.707. The summed E-state index contributed by atoms with van der Waals surface area (Å²) in [6.07, 6.45) is 0. The number of hydrogen-bond donors (Lipinski definition) is 0. The van der Waals surface area contributed by atoms with Gasteiger partial charge < -0.3 is 0 Å². The van der Waals surface area contributed by atoms with Crippen molar-refractivity contribution in [2.75, 3.05) is 0 Å². The van der Waals surface area contributed by atoms with Crippen LogP contribution in [0.5, 0.6) is 0 Å². The van der Waals surface area contributed by atoms with Gasteiger partial charge in [-0.3, -0.25) is 4.79 Å². The lowest BCUT2D eigenvalue weighted by molar-refractivity contribution is 1.32. The van der Waals surface area contributed by atoms with Crippen LogP contribution in [0.4, 0.5) is 0 Å². The molecule has 0 spiro atoms. The van der Waals surface area contributed by atoms with Gasteiger partial charge in [-0.05, 0) is 26.0 Å². The van der Waals surface area contributed by atoms with Crippen molar-refractivity contribution in [2.24, 2.45) is 0 Å². The van der Waals surface area contributed by atoms with Gasteiger partial charge >= 0.3 is 0 Å². The Morgan fingerprint density at radius 3 is 2.22 bits per heavy atom. The molecule has 0 amide bonds. The molecule has 0 aliphatic carbocycles. The molecule has 112 valence electrons. The van der Waals surface area contributed by atoms with Crippen molar-refractivity contribution < 1.29 is 0 Å². The molecule has 0 aliphatic rings. The third-order valence-corrected chi connectivity index (χ3v) is 4.42. The van der Waals surface area contributed by atoms with Crippen LogP contribution in [0.1, 0.15) is 16.7 Å². The van der Waals surface area contributed by atoms with Crippen molar-refractivity contribution >= 4 is 11.3 Å². The number of benzene rings is 2. The molecular weight excluding hydrogens is 304 g/mol. The second kappa shape index (κ2) is 6.15. The van der Waals surface area contributed by atoms with Crippen molar-refractivity contribution in [3.63, 3.8) is 0 Å². The second-order valence-corrected chi connectivity index (χ2v) is 6.34. The van der Waals surface area contributed by atoms with Crippen molar-refractivity contribution in [1.29, 1.82) is 5.26 Å². The van der Waals surface area contributed by atoms with Crippen LogP contribution < -0.4 is 4.74 Å². The minimum absolute atomic E-state index is 0.108. The third kappa shape index (κ3) is 3.05. The minimum atomic E-state index is -0.254. The second-order valence-electron chi connectivity index (χ2n) is 5.38. The van der Waals surface area contributed by atoms with Crippen molar-refractivity contribution in [2.45, 2.75) is 13.8 Å². The highest BCUT2D eigenvalue weighted by Gasteiger charge is 2.15. The van der Waals surface area contributed by atoms with E-state index in [0.29, 0.717) is 10.7 Å². The van der Waals surface area contributed by atoms with Gasteiger partial charge in [0.2, 0.25) is 0 Å². The highest BCUT2D eigenvalue weighted by Crippen LogP contribution is 2.27. The highest BCUT2D eigenvalue weighted by atomic mass is 32.1. The largest absolute Gasteiger partial charge is 0.276 e. The summed E-state index contributed by atoms with van der Waals surface area (Å²) in [7, 11) is 0. The van der Waals surface area contributed by atoms with Crippen molar-refractivity contribution in [3.05, 3.63) is 74.8 Å². The zero-order valence-electron chi connectivity index (χ0n) is 12.8. The Balaban J connectivity index is 2.27. The molecule has 3 nitrogen and oxygen atoms in total. The Morgan fingerprint density at radius 1 is 1.00 bits per heavy atom. The predicted octanol–water partition coefficient (Wildman–Crippen LogP) is 4.33. The molecule has 2 aromatic carbocycles. The van der Waals surface area contributed by atoms with Gasteiger partial charge in [0, 0.05) is 11.1 Å². The molecule has 0 atom stereocenters. The van der Waals surface area contributed by atoms with E-state index < -0.39 is 0 Å². The van der Waals surface area contributed by atoms with Gasteiger partial charge in [-0.25, -0.2) is 4.98 Å². The van der Waals surface area contributed by atoms with Crippen LogP contribution in [0.3, 0.4) is 0 Å². The summed E-state index contributed by atoms with van der Waals surface area (Å²) in [5.41, 5.74) is 4.41. The maximum absolute atomic E-state index is 12.4. The first-order valence-electron chi connectivity index (χ1n) is 7.18. The monoisotopic (exact) mass is 318 g/mol. The fraction of sp³-hybridized carbons (Fsp3) is 0.105. The Hall–Kier alpha value is -2.77. The van der Waals surface area contributed by atoms with Gasteiger partial charge in [0.15, 0.2) is 0 Å². The molecule has 23 heavy (non-hydrogen) atoms. The lowest BCUT2D eigenvalue weighted by Gasteiger charge is -2.07. The first-order chi connectivity index (χ1) is 11.1. The highest BCUT2D eigenvalue weighted by molar-refractivity contribution is 7.12. The van der Waals surface area contributed by atoms with Crippen molar-refractivity contribution in [1.82, 2.24) is 4.98 Å². The molecular formula is C19H14N2OS. The molecule has 3 rings (SSSR count). The minimum Gasteiger partial charge on any atom is -0.276 e. The summed E-state index contributed by atoms with van der Waals surface area (Å²) in [6, 6.07) is 17.6. The van der Waals surface area contributed by atoms with Gasteiger partial charge in [0.25, 0.3) is 4.74 Å². The van der Waals surface area contributed by atoms with E-state index >= 15 is 0 Å². The first-order valence-corrected chi connectivity index (χ1v) is 7.99. The Labute approximate surface area is 138 Å². The standard InChI is InChI=1S/C19H14N2OS/c1-12-5-3-7-14(9-12)17-16(11-20)19(22)23-18(21-17)15-8-4-6-13(2)10-15/h3-10H,1-2H3. The fourth-order valence-electron chi connectivity index (χ4n) is 2.42. The van der Waals surface area contributed by atoms with Gasteiger partial charge in [0.05, 0.1) is 5.69 Å². The average molecular weight is 318 g/mol. The molecule has 4 heteroatoms. The topological polar surface area (TPSA) is 53.8 Å². The summed E-state index contributed by atoms with van der Waals surface area (Å²) >= 11 is 1.01. The van der Waals surface area contributed by atoms with Crippen LogP contribution in [-0.2, 0) is 0 Å². The Kier molecular flexibility index (Phi) is 4.05. The van der Waals surface area contributed by atoms with E-state index in [1.54, 1.807) is 0 Å². The number of aromatic nitrogens is 1. The molecule has 0 N–H and O–H groups in total. The maximum Gasteiger partial charge on any atom is 0.254 e. The van der Waals surface area contributed by atoms with Crippen LogP contribution in [0.2, 0.25) is 0 Å². The zero-order chi connectivity index (χ0) is 16.4. The lowest BCUT2D eigenvalue weighted by atomic mass is 10.1. The predicted molar refractivity (Wildman–Crippen MR) is 93.4 cm³/mol. The number of rotatable bonds is 2. The molecule has 1 aromatic heterocycles. The molecule has 3 aromatic rings. The number of aryl methyl sites for hydroxylation is 2. The van der Waals surface area contributed by atoms with Gasteiger partial charge in [0.1, 0.15) is 16.6 Å². The van der Waals surface area contributed by atoms with Crippen molar-refractivity contribution in [3.8, 4) is 27.9 Å². The molecule has 0 aliphatic heterocycles. The summed E-state index contributed by atoms with van der Waals surface area (Å²) in [5, 5.41) is 9.99. The van der Waals surface area contributed by atoms with Crippen LogP contribution in [-0.4, -0.2) is 4.98 Å². The average Bonchev–Trinajstić information content (AvgIpc) is 2.54. The summed E-state index contributed by atoms with van der Waals surface area (Å²) in [6.45, 7) is 3.97. The van der Waals surface area contributed by atoms with Gasteiger partial charge in [-0.15, -0.1) is 0 Å². The molecule has 1 heterocycles. The van der Waals surface area contributed by atoms with E-state index in [9.17, 15) is 10.1 Å². The van der Waals surface area contributed by atoms with Crippen LogP contribution in [0.25, 0.3) is 21.8 Å². The van der Waals surface area contributed by atoms with Crippen LogP contribution in [0.15, 0.2) is 53.3 Å². The molecule has 0 fully saturated rings. The maximum atomic E-state index is 12.4. The molecule has 0 bridgehead atoms. The van der Waals surface area contributed by atoms with E-state index in [4.69, 9.17) is 0 Å². The molecule has 0 saturated heterocycles. The summed E-state index contributed by atoms with van der Waals surface area (Å²) in [4.78, 5) is 17.0. The van der Waals surface area contributed by atoms with E-state index in [0.717, 1.165) is 33.6 Å². The first kappa shape index (κ1) is 15.1. The molecule has 0 saturated carbocycles. The summed E-state index contributed by atoms with van der Waals surface area (Å²) in [5.74, 6) is 0. The van der Waals surface area contributed by atoms with E-state index in [2.05, 4.69) is 4.98 Å². The molecule has 0 unspecified atom stereocenters. The number of hydrogen-bond acceptors (Lipinski definition) is 4. The smallest absolute Gasteiger partial charge is 0.254 e. The normalized spacial score (nSPS) is 10.3. The Bertz CT molecular complexity index is 983. The third-order valence-electron chi connectivity index (χ3n) is 3.51. The molecule has 0 radical (unpaired) electrons. The lowest BCUT2D eigenvalue weighted by Crippen LogP contribution is -2.06. The zero-order valence-corrected chi connectivity index (χ0v) is 13.6. The SMILES string of the molecule is Cc1cccc(-c2nc(-c3cccc(C)c3)c(C#N)c(=O)s2)c1. The van der Waals surface area contributed by atoms with E-state index in [1.165, 1.54) is 0 Å². The van der Waals surface area contributed by atoms with Crippen LogP contribution in [0, 0.1) is 25.2 Å². The summed E-state index contributed by atoms with van der Waals surface area (Å²) < 4.78 is -0.254. The van der Waals surface area contributed by atoms with E-state index in [1.807, 2.05) is 68.4 Å². The van der Waals surface area contributed by atoms with Gasteiger partial charge in [-0.2, -0.15) is 5.26 Å².